The highest BCUT2D eigenvalue weighted by Gasteiger charge is 2.19. The lowest BCUT2D eigenvalue weighted by Gasteiger charge is -2.34. The van der Waals surface area contributed by atoms with E-state index in [4.69, 9.17) is 0 Å². The highest BCUT2D eigenvalue weighted by molar-refractivity contribution is 7.99. The molecule has 0 bridgehead atoms. The molecule has 0 radical (unpaired) electrons. The van der Waals surface area contributed by atoms with Crippen molar-refractivity contribution in [1.29, 1.82) is 0 Å². The normalized spacial score (nSPS) is 15.7. The van der Waals surface area contributed by atoms with E-state index in [-0.39, 0.29) is 0 Å². The molecule has 0 amide bonds. The monoisotopic (exact) mass is 348 g/mol. The van der Waals surface area contributed by atoms with Gasteiger partial charge >= 0.3 is 0 Å². The molecule has 2 aromatic rings. The highest BCUT2D eigenvalue weighted by atomic mass is 32.2. The Bertz CT molecular complexity index is 628. The minimum absolute atomic E-state index is 0.405. The molecule has 128 valence electrons. The number of halogens is 1. The Labute approximate surface area is 145 Å². The van der Waals surface area contributed by atoms with E-state index in [0.717, 1.165) is 55.6 Å². The molecule has 8 heteroatoms. The highest BCUT2D eigenvalue weighted by Crippen LogP contribution is 2.15. The fraction of sp³-hybridized carbons (Fsp3) is 0.500. The first-order valence-electron chi connectivity index (χ1n) is 8.13. The van der Waals surface area contributed by atoms with Crippen molar-refractivity contribution in [1.82, 2.24) is 24.8 Å². The lowest BCUT2D eigenvalue weighted by molar-refractivity contribution is 0.248. The summed E-state index contributed by atoms with van der Waals surface area (Å²) in [6.45, 7) is 6.48. The van der Waals surface area contributed by atoms with Gasteiger partial charge in [0, 0.05) is 56.4 Å². The van der Waals surface area contributed by atoms with Gasteiger partial charge in [-0.1, -0.05) is 18.7 Å². The molecule has 0 spiro atoms. The van der Waals surface area contributed by atoms with Crippen LogP contribution in [0.1, 0.15) is 18.9 Å². The van der Waals surface area contributed by atoms with Crippen LogP contribution in [-0.4, -0.2) is 56.8 Å². The summed E-state index contributed by atoms with van der Waals surface area (Å²) in [6.07, 6.45) is 7.38. The van der Waals surface area contributed by atoms with E-state index in [9.17, 15) is 4.39 Å². The van der Waals surface area contributed by atoms with Gasteiger partial charge in [0.25, 0.3) is 0 Å². The number of piperazine rings is 1. The number of hydrogen-bond donors (Lipinski definition) is 0. The Morgan fingerprint density at radius 2 is 1.67 bits per heavy atom. The zero-order valence-corrected chi connectivity index (χ0v) is 14.5. The van der Waals surface area contributed by atoms with E-state index >= 15 is 0 Å². The molecule has 0 aliphatic carbocycles. The Balaban J connectivity index is 1.49. The second-order valence-corrected chi connectivity index (χ2v) is 6.75. The molecule has 24 heavy (non-hydrogen) atoms. The lowest BCUT2D eigenvalue weighted by atomic mass is 10.2. The smallest absolute Gasteiger partial charge is 0.225 e. The molecule has 0 N–H and O–H groups in total. The van der Waals surface area contributed by atoms with Crippen molar-refractivity contribution in [3.63, 3.8) is 0 Å². The van der Waals surface area contributed by atoms with E-state index in [1.54, 1.807) is 11.8 Å². The molecule has 6 nitrogen and oxygen atoms in total. The molecular weight excluding hydrogens is 327 g/mol. The summed E-state index contributed by atoms with van der Waals surface area (Å²) in [5, 5.41) is 0.846. The number of nitrogens with zero attached hydrogens (tertiary/aromatic N) is 6. The van der Waals surface area contributed by atoms with Gasteiger partial charge in [0.1, 0.15) is 0 Å². The molecule has 0 unspecified atom stereocenters. The molecule has 0 aromatic carbocycles. The van der Waals surface area contributed by atoms with Crippen LogP contribution in [0.15, 0.2) is 29.9 Å². The summed E-state index contributed by atoms with van der Waals surface area (Å²) in [6, 6.07) is 0. The van der Waals surface area contributed by atoms with Crippen molar-refractivity contribution in [2.24, 2.45) is 0 Å². The van der Waals surface area contributed by atoms with Crippen LogP contribution in [0.5, 0.6) is 0 Å². The van der Waals surface area contributed by atoms with Crippen molar-refractivity contribution in [2.75, 3.05) is 36.8 Å². The van der Waals surface area contributed by atoms with Crippen molar-refractivity contribution < 1.29 is 4.39 Å². The number of aromatic nitrogens is 4. The van der Waals surface area contributed by atoms with Gasteiger partial charge in [-0.15, -0.1) is 0 Å². The Morgan fingerprint density at radius 3 is 2.29 bits per heavy atom. The Hall–Kier alpha value is -1.80. The summed E-state index contributed by atoms with van der Waals surface area (Å²) in [7, 11) is 0. The van der Waals surface area contributed by atoms with E-state index < -0.39 is 5.82 Å². The molecule has 1 aliphatic heterocycles. The zero-order valence-electron chi connectivity index (χ0n) is 13.7. The third-order valence-corrected chi connectivity index (χ3v) is 4.87. The third kappa shape index (κ3) is 4.61. The van der Waals surface area contributed by atoms with Gasteiger partial charge < -0.3 is 4.90 Å². The minimum Gasteiger partial charge on any atom is -0.338 e. The van der Waals surface area contributed by atoms with Crippen LogP contribution >= 0.6 is 11.8 Å². The van der Waals surface area contributed by atoms with Gasteiger partial charge in [-0.25, -0.2) is 24.3 Å². The Kier molecular flexibility index (Phi) is 5.92. The van der Waals surface area contributed by atoms with Crippen LogP contribution in [0.4, 0.5) is 10.3 Å². The zero-order chi connectivity index (χ0) is 16.8. The van der Waals surface area contributed by atoms with Crippen LogP contribution < -0.4 is 4.90 Å². The van der Waals surface area contributed by atoms with Crippen LogP contribution in [0.3, 0.4) is 0 Å². The standard InChI is InChI=1S/C16H21FN6S/c1-2-7-24-16-20-8-13(9-21-16)12-22-3-5-23(6-4-22)15-18-10-14(17)11-19-15/h8-11H,2-7,12H2,1H3. The molecular formula is C16H21FN6S. The first kappa shape index (κ1) is 17.0. The van der Waals surface area contributed by atoms with Crippen molar-refractivity contribution >= 4 is 17.7 Å². The van der Waals surface area contributed by atoms with E-state index in [1.165, 1.54) is 12.4 Å². The van der Waals surface area contributed by atoms with Gasteiger partial charge in [-0.3, -0.25) is 4.90 Å². The molecule has 1 saturated heterocycles. The molecule has 1 aliphatic rings. The summed E-state index contributed by atoms with van der Waals surface area (Å²) in [5.74, 6) is 1.24. The molecule has 0 saturated carbocycles. The summed E-state index contributed by atoms with van der Waals surface area (Å²) >= 11 is 1.69. The average molecular weight is 348 g/mol. The maximum Gasteiger partial charge on any atom is 0.225 e. The topological polar surface area (TPSA) is 58.0 Å². The molecule has 3 heterocycles. The van der Waals surface area contributed by atoms with Gasteiger partial charge in [0.15, 0.2) is 11.0 Å². The van der Waals surface area contributed by atoms with Gasteiger partial charge in [-0.05, 0) is 6.42 Å². The van der Waals surface area contributed by atoms with E-state index in [2.05, 4.69) is 36.7 Å². The summed E-state index contributed by atoms with van der Waals surface area (Å²) in [4.78, 5) is 21.4. The number of hydrogen-bond acceptors (Lipinski definition) is 7. The second-order valence-electron chi connectivity index (χ2n) is 5.69. The predicted octanol–water partition coefficient (Wildman–Crippen LogP) is 2.23. The average Bonchev–Trinajstić information content (AvgIpc) is 2.63. The van der Waals surface area contributed by atoms with Crippen molar-refractivity contribution in [3.05, 3.63) is 36.2 Å². The van der Waals surface area contributed by atoms with Gasteiger partial charge in [0.05, 0.1) is 12.4 Å². The third-order valence-electron chi connectivity index (χ3n) is 3.78. The number of rotatable bonds is 6. The second kappa shape index (κ2) is 8.34. The molecule has 3 rings (SSSR count). The van der Waals surface area contributed by atoms with Gasteiger partial charge in [0.2, 0.25) is 5.95 Å². The largest absolute Gasteiger partial charge is 0.338 e. The maximum absolute atomic E-state index is 12.9. The molecule has 2 aromatic heterocycles. The number of anilines is 1. The van der Waals surface area contributed by atoms with E-state index in [1.807, 2.05) is 12.4 Å². The Morgan fingerprint density at radius 1 is 1.00 bits per heavy atom. The molecule has 0 atom stereocenters. The minimum atomic E-state index is -0.405. The predicted molar refractivity (Wildman–Crippen MR) is 92.5 cm³/mol. The van der Waals surface area contributed by atoms with Crippen LogP contribution in [0.25, 0.3) is 0 Å². The first-order valence-corrected chi connectivity index (χ1v) is 9.11. The fourth-order valence-electron chi connectivity index (χ4n) is 2.53. The summed E-state index contributed by atoms with van der Waals surface area (Å²) < 4.78 is 12.9. The van der Waals surface area contributed by atoms with Crippen LogP contribution in [-0.2, 0) is 6.54 Å². The molecule has 1 fully saturated rings. The van der Waals surface area contributed by atoms with Crippen molar-refractivity contribution in [3.8, 4) is 0 Å². The quantitative estimate of drug-likeness (QED) is 0.586. The van der Waals surface area contributed by atoms with Crippen LogP contribution in [0, 0.1) is 5.82 Å². The summed E-state index contributed by atoms with van der Waals surface area (Å²) in [5.41, 5.74) is 1.13. The van der Waals surface area contributed by atoms with Crippen molar-refractivity contribution in [2.45, 2.75) is 25.0 Å². The first-order chi connectivity index (χ1) is 11.7. The van der Waals surface area contributed by atoms with Crippen LogP contribution in [0.2, 0.25) is 0 Å². The number of thioether (sulfide) groups is 1. The SMILES string of the molecule is CCCSc1ncc(CN2CCN(c3ncc(F)cn3)CC2)cn1. The maximum atomic E-state index is 12.9. The van der Waals surface area contributed by atoms with Gasteiger partial charge in [-0.2, -0.15) is 0 Å². The van der Waals surface area contributed by atoms with E-state index in [0.29, 0.717) is 5.95 Å². The lowest BCUT2D eigenvalue weighted by Crippen LogP contribution is -2.46. The fourth-order valence-corrected chi connectivity index (χ4v) is 3.17.